The van der Waals surface area contributed by atoms with E-state index in [-0.39, 0.29) is 5.82 Å². The Morgan fingerprint density at radius 3 is 2.48 bits per heavy atom. The molecule has 0 heterocycles. The second kappa shape index (κ2) is 6.59. The van der Waals surface area contributed by atoms with Crippen molar-refractivity contribution >= 4 is 11.6 Å². The highest BCUT2D eigenvalue weighted by Gasteiger charge is 2.31. The average Bonchev–Trinajstić information content (AvgIpc) is 2.45. The lowest BCUT2D eigenvalue weighted by Crippen LogP contribution is -2.41. The highest BCUT2D eigenvalue weighted by Crippen LogP contribution is 2.37. The first-order valence-corrected chi connectivity index (χ1v) is 7.82. The van der Waals surface area contributed by atoms with Gasteiger partial charge in [-0.25, -0.2) is 4.39 Å². The number of halogens is 2. The molecular weight excluding hydrogens is 285 g/mol. The van der Waals surface area contributed by atoms with Gasteiger partial charge in [0, 0.05) is 11.1 Å². The predicted octanol–water partition coefficient (Wildman–Crippen LogP) is 4.56. The van der Waals surface area contributed by atoms with E-state index in [0.29, 0.717) is 12.0 Å². The summed E-state index contributed by atoms with van der Waals surface area (Å²) >= 11 is 5.87. The maximum absolute atomic E-state index is 13.7. The molecule has 1 fully saturated rings. The summed E-state index contributed by atoms with van der Waals surface area (Å²) < 4.78 is 13.7. The predicted molar refractivity (Wildman–Crippen MR) is 85.3 cm³/mol. The van der Waals surface area contributed by atoms with Crippen LogP contribution in [0.4, 0.5) is 4.39 Å². The molecular formula is C18H19ClFN. The minimum Gasteiger partial charge on any atom is -0.314 e. The van der Waals surface area contributed by atoms with Gasteiger partial charge < -0.3 is 5.32 Å². The van der Waals surface area contributed by atoms with Gasteiger partial charge in [-0.05, 0) is 61.1 Å². The van der Waals surface area contributed by atoms with Gasteiger partial charge in [-0.15, -0.1) is 0 Å². The van der Waals surface area contributed by atoms with Gasteiger partial charge in [-0.1, -0.05) is 41.9 Å². The number of hydrogen-bond donors (Lipinski definition) is 1. The van der Waals surface area contributed by atoms with E-state index in [1.807, 2.05) is 24.3 Å². The van der Waals surface area contributed by atoms with E-state index < -0.39 is 0 Å². The zero-order valence-electron chi connectivity index (χ0n) is 11.9. The van der Waals surface area contributed by atoms with E-state index in [1.165, 1.54) is 5.56 Å². The van der Waals surface area contributed by atoms with Crippen LogP contribution in [-0.4, -0.2) is 12.6 Å². The fourth-order valence-electron chi connectivity index (χ4n) is 2.92. The lowest BCUT2D eigenvalue weighted by Gasteiger charge is -2.36. The first-order valence-electron chi connectivity index (χ1n) is 7.44. The minimum atomic E-state index is -0.0675. The minimum absolute atomic E-state index is 0.0675. The first kappa shape index (κ1) is 14.6. The molecule has 0 spiro atoms. The Morgan fingerprint density at radius 2 is 1.76 bits per heavy atom. The first-order chi connectivity index (χ1) is 10.2. The van der Waals surface area contributed by atoms with Crippen molar-refractivity contribution in [1.82, 2.24) is 5.32 Å². The number of rotatable bonds is 5. The Kier molecular flexibility index (Phi) is 4.57. The summed E-state index contributed by atoms with van der Waals surface area (Å²) in [7, 11) is 0. The summed E-state index contributed by atoms with van der Waals surface area (Å²) in [4.78, 5) is 0. The van der Waals surface area contributed by atoms with Crippen LogP contribution in [0, 0.1) is 5.82 Å². The van der Waals surface area contributed by atoms with Crippen molar-refractivity contribution in [2.45, 2.75) is 31.2 Å². The van der Waals surface area contributed by atoms with Crippen molar-refractivity contribution < 1.29 is 4.39 Å². The molecule has 0 aromatic heterocycles. The van der Waals surface area contributed by atoms with Crippen LogP contribution >= 0.6 is 11.6 Å². The van der Waals surface area contributed by atoms with Crippen molar-refractivity contribution in [3.63, 3.8) is 0 Å². The summed E-state index contributed by atoms with van der Waals surface area (Å²) in [6.07, 6.45) is 3.06. The van der Waals surface area contributed by atoms with Gasteiger partial charge in [-0.3, -0.25) is 0 Å². The fraction of sp³-hybridized carbons (Fsp3) is 0.333. The third-order valence-electron chi connectivity index (χ3n) is 4.24. The molecule has 0 bridgehead atoms. The van der Waals surface area contributed by atoms with Crippen molar-refractivity contribution in [3.8, 4) is 0 Å². The molecule has 0 saturated heterocycles. The molecule has 1 N–H and O–H groups in total. The third-order valence-corrected chi connectivity index (χ3v) is 4.50. The molecule has 0 atom stereocenters. The van der Waals surface area contributed by atoms with Crippen molar-refractivity contribution in [2.75, 3.05) is 6.54 Å². The van der Waals surface area contributed by atoms with Gasteiger partial charge in [0.2, 0.25) is 0 Å². The smallest absolute Gasteiger partial charge is 0.126 e. The maximum Gasteiger partial charge on any atom is 0.126 e. The summed E-state index contributed by atoms with van der Waals surface area (Å²) in [6, 6.07) is 15.6. The molecule has 3 heteroatoms. The van der Waals surface area contributed by atoms with E-state index in [0.717, 1.165) is 36.4 Å². The molecule has 2 aromatic rings. The standard InChI is InChI=1S/C18H19ClFN/c19-15-7-5-13(6-8-15)9-10-21-16-11-14(12-16)17-3-1-2-4-18(17)20/h1-8,14,16,21H,9-12H2. The van der Waals surface area contributed by atoms with Crippen LogP contribution < -0.4 is 5.32 Å². The van der Waals surface area contributed by atoms with Crippen LogP contribution in [0.5, 0.6) is 0 Å². The zero-order chi connectivity index (χ0) is 14.7. The second-order valence-electron chi connectivity index (χ2n) is 5.72. The largest absolute Gasteiger partial charge is 0.314 e. The summed E-state index contributed by atoms with van der Waals surface area (Å²) in [5, 5.41) is 4.32. The third kappa shape index (κ3) is 3.63. The average molecular weight is 304 g/mol. The van der Waals surface area contributed by atoms with Crippen LogP contribution in [0.2, 0.25) is 5.02 Å². The Labute approximate surface area is 130 Å². The van der Waals surface area contributed by atoms with Gasteiger partial charge >= 0.3 is 0 Å². The van der Waals surface area contributed by atoms with E-state index in [2.05, 4.69) is 17.4 Å². The Hall–Kier alpha value is -1.38. The lowest BCUT2D eigenvalue weighted by atomic mass is 9.75. The molecule has 0 unspecified atom stereocenters. The molecule has 1 aliphatic rings. The molecule has 2 aromatic carbocycles. The molecule has 21 heavy (non-hydrogen) atoms. The Bertz CT molecular complexity index is 590. The van der Waals surface area contributed by atoms with Crippen molar-refractivity contribution in [2.24, 2.45) is 0 Å². The number of nitrogens with one attached hydrogen (secondary N) is 1. The molecule has 0 aliphatic heterocycles. The van der Waals surface area contributed by atoms with Gasteiger partial charge in [0.05, 0.1) is 0 Å². The monoisotopic (exact) mass is 303 g/mol. The Balaban J connectivity index is 1.41. The SMILES string of the molecule is Fc1ccccc1C1CC(NCCc2ccc(Cl)cc2)C1. The van der Waals surface area contributed by atoms with E-state index >= 15 is 0 Å². The zero-order valence-corrected chi connectivity index (χ0v) is 12.6. The fourth-order valence-corrected chi connectivity index (χ4v) is 3.04. The van der Waals surface area contributed by atoms with Gasteiger partial charge in [0.15, 0.2) is 0 Å². The lowest BCUT2D eigenvalue weighted by molar-refractivity contribution is 0.287. The number of hydrogen-bond acceptors (Lipinski definition) is 1. The van der Waals surface area contributed by atoms with Crippen LogP contribution in [-0.2, 0) is 6.42 Å². The van der Waals surface area contributed by atoms with Gasteiger partial charge in [-0.2, -0.15) is 0 Å². The molecule has 1 saturated carbocycles. The van der Waals surface area contributed by atoms with Crippen LogP contribution in [0.1, 0.15) is 29.9 Å². The number of benzene rings is 2. The molecule has 3 rings (SSSR count). The summed E-state index contributed by atoms with van der Waals surface area (Å²) in [5.41, 5.74) is 2.16. The topological polar surface area (TPSA) is 12.0 Å². The second-order valence-corrected chi connectivity index (χ2v) is 6.15. The van der Waals surface area contributed by atoms with E-state index in [9.17, 15) is 4.39 Å². The highest BCUT2D eigenvalue weighted by molar-refractivity contribution is 6.30. The van der Waals surface area contributed by atoms with Crippen molar-refractivity contribution in [3.05, 3.63) is 70.5 Å². The van der Waals surface area contributed by atoms with Gasteiger partial charge in [0.25, 0.3) is 0 Å². The van der Waals surface area contributed by atoms with E-state index in [4.69, 9.17) is 11.6 Å². The van der Waals surface area contributed by atoms with Crippen LogP contribution in [0.3, 0.4) is 0 Å². The normalized spacial score (nSPS) is 21.0. The molecule has 1 aliphatic carbocycles. The van der Waals surface area contributed by atoms with Crippen molar-refractivity contribution in [1.29, 1.82) is 0 Å². The quantitative estimate of drug-likeness (QED) is 0.854. The summed E-state index contributed by atoms with van der Waals surface area (Å²) in [6.45, 7) is 0.955. The highest BCUT2D eigenvalue weighted by atomic mass is 35.5. The van der Waals surface area contributed by atoms with Gasteiger partial charge in [0.1, 0.15) is 5.82 Å². The molecule has 0 amide bonds. The van der Waals surface area contributed by atoms with Crippen LogP contribution in [0.15, 0.2) is 48.5 Å². The molecule has 110 valence electrons. The maximum atomic E-state index is 13.7. The van der Waals surface area contributed by atoms with E-state index in [1.54, 1.807) is 12.1 Å². The molecule has 1 nitrogen and oxygen atoms in total. The summed E-state index contributed by atoms with van der Waals surface area (Å²) in [5.74, 6) is 0.307. The van der Waals surface area contributed by atoms with Crippen LogP contribution in [0.25, 0.3) is 0 Å². The molecule has 0 radical (unpaired) electrons. The Morgan fingerprint density at radius 1 is 1.05 bits per heavy atom.